The fourth-order valence-electron chi connectivity index (χ4n) is 3.75. The van der Waals surface area contributed by atoms with Gasteiger partial charge in [0.2, 0.25) is 0 Å². The first-order valence-corrected chi connectivity index (χ1v) is 8.83. The number of hydrogen-bond acceptors (Lipinski definition) is 2. The summed E-state index contributed by atoms with van der Waals surface area (Å²) in [6, 6.07) is 9.29. The molecule has 1 saturated carbocycles. The smallest absolute Gasteiger partial charge is 0.137 e. The highest BCUT2D eigenvalue weighted by Gasteiger charge is 2.36. The van der Waals surface area contributed by atoms with E-state index in [1.807, 2.05) is 0 Å². The summed E-state index contributed by atoms with van der Waals surface area (Å²) in [5, 5.41) is 0. The first kappa shape index (κ1) is 14.5. The first-order chi connectivity index (χ1) is 9.74. The van der Waals surface area contributed by atoms with Crippen LogP contribution in [0.5, 0.6) is 0 Å². The second-order valence-corrected chi connectivity index (χ2v) is 7.37. The van der Waals surface area contributed by atoms with Crippen molar-refractivity contribution >= 4 is 28.4 Å². The van der Waals surface area contributed by atoms with Gasteiger partial charge in [-0.1, -0.05) is 18.6 Å². The summed E-state index contributed by atoms with van der Waals surface area (Å²) in [5.74, 6) is 0.839. The van der Waals surface area contributed by atoms with Gasteiger partial charge < -0.3 is 0 Å². The van der Waals surface area contributed by atoms with Crippen LogP contribution in [0.25, 0.3) is 0 Å². The molecule has 3 heteroatoms. The normalized spacial score (nSPS) is 27.9. The predicted octanol–water partition coefficient (Wildman–Crippen LogP) is 4.01. The minimum Gasteiger partial charge on any atom is -0.299 e. The third kappa shape index (κ3) is 3.25. The zero-order chi connectivity index (χ0) is 13.9. The van der Waals surface area contributed by atoms with Crippen LogP contribution >= 0.6 is 22.6 Å². The van der Waals surface area contributed by atoms with E-state index in [2.05, 4.69) is 51.8 Å². The van der Waals surface area contributed by atoms with E-state index in [-0.39, 0.29) is 0 Å². The Morgan fingerprint density at radius 3 is 2.65 bits per heavy atom. The zero-order valence-corrected chi connectivity index (χ0v) is 14.0. The first-order valence-electron chi connectivity index (χ1n) is 7.75. The van der Waals surface area contributed by atoms with Gasteiger partial charge >= 0.3 is 0 Å². The molecule has 2 nitrogen and oxygen atoms in total. The molecule has 1 aromatic carbocycles. The van der Waals surface area contributed by atoms with E-state index in [9.17, 15) is 4.79 Å². The maximum Gasteiger partial charge on any atom is 0.137 e. The lowest BCUT2D eigenvalue weighted by molar-refractivity contribution is -0.126. The van der Waals surface area contributed by atoms with Crippen LogP contribution in [0.4, 0.5) is 0 Å². The number of carbonyl (C=O) groups excluding carboxylic acids is 1. The Morgan fingerprint density at radius 1 is 1.10 bits per heavy atom. The minimum absolute atomic E-state index is 0.315. The molecule has 1 aliphatic carbocycles. The van der Waals surface area contributed by atoms with Crippen molar-refractivity contribution in [3.05, 3.63) is 33.4 Å². The molecule has 2 atom stereocenters. The Kier molecular flexibility index (Phi) is 4.76. The van der Waals surface area contributed by atoms with Crippen LogP contribution in [-0.2, 0) is 11.3 Å². The highest BCUT2D eigenvalue weighted by atomic mass is 127. The number of halogens is 1. The summed E-state index contributed by atoms with van der Waals surface area (Å²) in [6.45, 7) is 2.16. The summed E-state index contributed by atoms with van der Waals surface area (Å²) in [4.78, 5) is 14.7. The topological polar surface area (TPSA) is 20.3 Å². The molecule has 1 heterocycles. The molecule has 1 aromatic rings. The lowest BCUT2D eigenvalue weighted by Crippen LogP contribution is -2.40. The molecular formula is C17H22INO. The molecule has 0 N–H and O–H groups in total. The Balaban J connectivity index is 1.68. The summed E-state index contributed by atoms with van der Waals surface area (Å²) in [5.41, 5.74) is 1.38. The van der Waals surface area contributed by atoms with Crippen LogP contribution in [0.3, 0.4) is 0 Å². The molecule has 0 radical (unpaired) electrons. The SMILES string of the molecule is O=C1CCCCC1C1CCCN1Cc1ccc(I)cc1. The van der Waals surface area contributed by atoms with Gasteiger partial charge in [0.15, 0.2) is 0 Å². The highest BCUT2D eigenvalue weighted by Crippen LogP contribution is 2.33. The Labute approximate surface area is 135 Å². The molecular weight excluding hydrogens is 361 g/mol. The average Bonchev–Trinajstić information content (AvgIpc) is 2.90. The summed E-state index contributed by atoms with van der Waals surface area (Å²) >= 11 is 2.34. The fraction of sp³-hybridized carbons (Fsp3) is 0.588. The third-order valence-electron chi connectivity index (χ3n) is 4.78. The van der Waals surface area contributed by atoms with Crippen LogP contribution in [-0.4, -0.2) is 23.3 Å². The van der Waals surface area contributed by atoms with E-state index in [0.717, 1.165) is 32.4 Å². The number of likely N-dealkylation sites (tertiary alicyclic amines) is 1. The van der Waals surface area contributed by atoms with Gasteiger partial charge in [-0.25, -0.2) is 0 Å². The van der Waals surface area contributed by atoms with Crippen LogP contribution in [0.2, 0.25) is 0 Å². The van der Waals surface area contributed by atoms with E-state index in [1.165, 1.54) is 28.4 Å². The number of carbonyl (C=O) groups is 1. The molecule has 2 aliphatic rings. The van der Waals surface area contributed by atoms with Crippen LogP contribution < -0.4 is 0 Å². The van der Waals surface area contributed by atoms with Crippen molar-refractivity contribution in [2.75, 3.05) is 6.54 Å². The summed E-state index contributed by atoms with van der Waals surface area (Å²) in [6.07, 6.45) is 6.74. The van der Waals surface area contributed by atoms with E-state index < -0.39 is 0 Å². The molecule has 2 fully saturated rings. The number of rotatable bonds is 3. The molecule has 1 saturated heterocycles. The second-order valence-electron chi connectivity index (χ2n) is 6.13. The lowest BCUT2D eigenvalue weighted by atomic mass is 9.82. The van der Waals surface area contributed by atoms with Gasteiger partial charge in [0, 0.05) is 28.5 Å². The van der Waals surface area contributed by atoms with Crippen LogP contribution in [0.1, 0.15) is 44.1 Å². The quantitative estimate of drug-likeness (QED) is 0.735. The van der Waals surface area contributed by atoms with Gasteiger partial charge in [0.25, 0.3) is 0 Å². The maximum atomic E-state index is 12.2. The van der Waals surface area contributed by atoms with Crippen molar-refractivity contribution in [1.82, 2.24) is 4.90 Å². The van der Waals surface area contributed by atoms with Crippen LogP contribution in [0, 0.1) is 9.49 Å². The van der Waals surface area contributed by atoms with Gasteiger partial charge in [-0.05, 0) is 72.5 Å². The highest BCUT2D eigenvalue weighted by molar-refractivity contribution is 14.1. The van der Waals surface area contributed by atoms with Gasteiger partial charge in [-0.15, -0.1) is 0 Å². The average molecular weight is 383 g/mol. The van der Waals surface area contributed by atoms with Crippen molar-refractivity contribution in [2.24, 2.45) is 5.92 Å². The van der Waals surface area contributed by atoms with E-state index in [0.29, 0.717) is 17.7 Å². The molecule has 20 heavy (non-hydrogen) atoms. The minimum atomic E-state index is 0.315. The molecule has 108 valence electrons. The summed E-state index contributed by atoms with van der Waals surface area (Å²) in [7, 11) is 0. The summed E-state index contributed by atoms with van der Waals surface area (Å²) < 4.78 is 1.28. The Bertz CT molecular complexity index is 470. The maximum absolute atomic E-state index is 12.2. The molecule has 1 aliphatic heterocycles. The Morgan fingerprint density at radius 2 is 1.90 bits per heavy atom. The van der Waals surface area contributed by atoms with Gasteiger partial charge in [0.1, 0.15) is 5.78 Å². The molecule has 0 aromatic heterocycles. The molecule has 0 amide bonds. The third-order valence-corrected chi connectivity index (χ3v) is 5.50. The van der Waals surface area contributed by atoms with E-state index in [4.69, 9.17) is 0 Å². The molecule has 2 unspecified atom stereocenters. The monoisotopic (exact) mass is 383 g/mol. The van der Waals surface area contributed by atoms with Gasteiger partial charge in [-0.3, -0.25) is 9.69 Å². The number of benzene rings is 1. The fourth-order valence-corrected chi connectivity index (χ4v) is 4.10. The van der Waals surface area contributed by atoms with Crippen molar-refractivity contribution < 1.29 is 4.79 Å². The van der Waals surface area contributed by atoms with Crippen molar-refractivity contribution in [3.63, 3.8) is 0 Å². The van der Waals surface area contributed by atoms with Crippen LogP contribution in [0.15, 0.2) is 24.3 Å². The van der Waals surface area contributed by atoms with Crippen molar-refractivity contribution in [1.29, 1.82) is 0 Å². The molecule has 3 rings (SSSR count). The van der Waals surface area contributed by atoms with Gasteiger partial charge in [-0.2, -0.15) is 0 Å². The Hall–Kier alpha value is -0.420. The van der Waals surface area contributed by atoms with Crippen molar-refractivity contribution in [2.45, 2.75) is 51.1 Å². The number of hydrogen-bond donors (Lipinski definition) is 0. The molecule has 0 bridgehead atoms. The van der Waals surface area contributed by atoms with Gasteiger partial charge in [0.05, 0.1) is 0 Å². The number of nitrogens with zero attached hydrogens (tertiary/aromatic N) is 1. The number of ketones is 1. The number of Topliss-reactive ketones (excluding diaryl/α,β-unsaturated/α-hetero) is 1. The van der Waals surface area contributed by atoms with E-state index in [1.54, 1.807) is 0 Å². The zero-order valence-electron chi connectivity index (χ0n) is 11.9. The lowest BCUT2D eigenvalue weighted by Gasteiger charge is -2.33. The van der Waals surface area contributed by atoms with Crippen molar-refractivity contribution in [3.8, 4) is 0 Å². The molecule has 0 spiro atoms. The second kappa shape index (κ2) is 6.56. The van der Waals surface area contributed by atoms with E-state index >= 15 is 0 Å². The standard InChI is InChI=1S/C17H22INO/c18-14-9-7-13(8-10-14)12-19-11-3-5-16(19)15-4-1-2-6-17(15)20/h7-10,15-16H,1-6,11-12H2. The predicted molar refractivity (Wildman–Crippen MR) is 89.6 cm³/mol. The largest absolute Gasteiger partial charge is 0.299 e.